The molecule has 112 valence electrons. The molecule has 0 amide bonds. The molecule has 4 heteroatoms. The summed E-state index contributed by atoms with van der Waals surface area (Å²) in [7, 11) is 1.87. The monoisotopic (exact) mass is 291 g/mol. The van der Waals surface area contributed by atoms with Gasteiger partial charge in [0.15, 0.2) is 0 Å². The van der Waals surface area contributed by atoms with Crippen molar-refractivity contribution in [1.29, 1.82) is 0 Å². The lowest BCUT2D eigenvalue weighted by atomic mass is 9.99. The molecule has 0 bridgehead atoms. The number of hydrogen-bond acceptors (Lipinski definition) is 2. The van der Waals surface area contributed by atoms with Crippen LogP contribution in [0.4, 0.5) is 8.78 Å². The minimum Gasteiger partial charge on any atom is -0.435 e. The number of ether oxygens (including phenoxy) is 1. The van der Waals surface area contributed by atoms with Crippen LogP contribution < -0.4 is 10.1 Å². The zero-order chi connectivity index (χ0) is 15.1. The Hall–Kier alpha value is -1.94. The molecule has 0 aliphatic heterocycles. The van der Waals surface area contributed by atoms with Gasteiger partial charge in [0.1, 0.15) is 5.75 Å². The van der Waals surface area contributed by atoms with Gasteiger partial charge in [-0.2, -0.15) is 8.78 Å². The van der Waals surface area contributed by atoms with Gasteiger partial charge in [-0.1, -0.05) is 42.5 Å². The van der Waals surface area contributed by atoms with E-state index >= 15 is 0 Å². The van der Waals surface area contributed by atoms with Gasteiger partial charge >= 0.3 is 6.61 Å². The molecular weight excluding hydrogens is 272 g/mol. The van der Waals surface area contributed by atoms with Crippen molar-refractivity contribution in [2.75, 3.05) is 7.05 Å². The Bertz CT molecular complexity index is 545. The standard InChI is InChI=1S/C17H19F2NO/c1-20-16(11-10-13-6-3-2-4-7-13)14-8-5-9-15(12-14)21-17(18)19/h2-9,12,16-17,20H,10-11H2,1H3. The van der Waals surface area contributed by atoms with Crippen LogP contribution in [0.2, 0.25) is 0 Å². The first kappa shape index (κ1) is 15.4. The molecule has 1 N–H and O–H groups in total. The quantitative estimate of drug-likeness (QED) is 0.826. The second-order valence-corrected chi connectivity index (χ2v) is 4.82. The van der Waals surface area contributed by atoms with Crippen LogP contribution in [-0.2, 0) is 6.42 Å². The van der Waals surface area contributed by atoms with Crippen molar-refractivity contribution in [2.24, 2.45) is 0 Å². The predicted molar refractivity (Wildman–Crippen MR) is 79.6 cm³/mol. The van der Waals surface area contributed by atoms with Gasteiger partial charge in [0, 0.05) is 6.04 Å². The maximum absolute atomic E-state index is 12.3. The molecule has 21 heavy (non-hydrogen) atoms. The highest BCUT2D eigenvalue weighted by atomic mass is 19.3. The molecule has 2 aromatic rings. The van der Waals surface area contributed by atoms with E-state index in [-0.39, 0.29) is 11.8 Å². The van der Waals surface area contributed by atoms with Crippen molar-refractivity contribution in [2.45, 2.75) is 25.5 Å². The van der Waals surface area contributed by atoms with Crippen molar-refractivity contribution in [3.63, 3.8) is 0 Å². The van der Waals surface area contributed by atoms with Crippen LogP contribution in [0.5, 0.6) is 5.75 Å². The summed E-state index contributed by atoms with van der Waals surface area (Å²) in [5.41, 5.74) is 2.21. The van der Waals surface area contributed by atoms with Crippen molar-refractivity contribution in [3.8, 4) is 5.75 Å². The number of rotatable bonds is 7. The molecule has 0 aliphatic rings. The van der Waals surface area contributed by atoms with Gasteiger partial charge in [0.25, 0.3) is 0 Å². The molecule has 0 saturated carbocycles. The molecular formula is C17H19F2NO. The highest BCUT2D eigenvalue weighted by molar-refractivity contribution is 5.31. The third-order valence-electron chi connectivity index (χ3n) is 3.40. The fraction of sp³-hybridized carbons (Fsp3) is 0.294. The van der Waals surface area contributed by atoms with Gasteiger partial charge in [-0.05, 0) is 43.1 Å². The summed E-state index contributed by atoms with van der Waals surface area (Å²) in [4.78, 5) is 0. The lowest BCUT2D eigenvalue weighted by Gasteiger charge is -2.17. The number of hydrogen-bond donors (Lipinski definition) is 1. The highest BCUT2D eigenvalue weighted by Crippen LogP contribution is 2.24. The number of halogens is 2. The Kier molecular flexibility index (Phi) is 5.69. The van der Waals surface area contributed by atoms with E-state index in [0.717, 1.165) is 18.4 Å². The number of aryl methyl sites for hydroxylation is 1. The fourth-order valence-electron chi connectivity index (χ4n) is 2.34. The Labute approximate surface area is 123 Å². The molecule has 0 aromatic heterocycles. The highest BCUT2D eigenvalue weighted by Gasteiger charge is 2.11. The van der Waals surface area contributed by atoms with Crippen LogP contribution in [0.3, 0.4) is 0 Å². The average molecular weight is 291 g/mol. The predicted octanol–water partition coefficient (Wildman–Crippen LogP) is 4.18. The molecule has 0 saturated heterocycles. The Morgan fingerprint density at radius 1 is 1.05 bits per heavy atom. The van der Waals surface area contributed by atoms with E-state index in [1.807, 2.05) is 31.3 Å². The van der Waals surface area contributed by atoms with E-state index < -0.39 is 6.61 Å². The molecule has 0 fully saturated rings. The summed E-state index contributed by atoms with van der Waals surface area (Å²) in [6.45, 7) is -2.79. The minimum absolute atomic E-state index is 0.103. The van der Waals surface area contributed by atoms with E-state index in [1.165, 1.54) is 5.56 Å². The average Bonchev–Trinajstić information content (AvgIpc) is 2.49. The van der Waals surface area contributed by atoms with Crippen LogP contribution in [-0.4, -0.2) is 13.7 Å². The Morgan fingerprint density at radius 3 is 2.48 bits per heavy atom. The Morgan fingerprint density at radius 2 is 1.81 bits per heavy atom. The van der Waals surface area contributed by atoms with Crippen LogP contribution in [0.15, 0.2) is 54.6 Å². The van der Waals surface area contributed by atoms with E-state index in [9.17, 15) is 8.78 Å². The lowest BCUT2D eigenvalue weighted by Crippen LogP contribution is -2.17. The van der Waals surface area contributed by atoms with E-state index in [1.54, 1.807) is 18.2 Å². The molecule has 2 aromatic carbocycles. The third-order valence-corrected chi connectivity index (χ3v) is 3.40. The summed E-state index contributed by atoms with van der Waals surface area (Å²) in [6.07, 6.45) is 1.81. The van der Waals surface area contributed by atoms with Gasteiger partial charge in [-0.15, -0.1) is 0 Å². The Balaban J connectivity index is 2.03. The number of nitrogens with one attached hydrogen (secondary N) is 1. The van der Waals surface area contributed by atoms with Crippen molar-refractivity contribution in [1.82, 2.24) is 5.32 Å². The van der Waals surface area contributed by atoms with Crippen molar-refractivity contribution >= 4 is 0 Å². The molecule has 0 aliphatic carbocycles. The summed E-state index contributed by atoms with van der Waals surface area (Å²) < 4.78 is 29.0. The summed E-state index contributed by atoms with van der Waals surface area (Å²) in [5.74, 6) is 0.197. The molecule has 0 radical (unpaired) electrons. The fourth-order valence-corrected chi connectivity index (χ4v) is 2.34. The van der Waals surface area contributed by atoms with Crippen molar-refractivity contribution in [3.05, 3.63) is 65.7 Å². The summed E-state index contributed by atoms with van der Waals surface area (Å²) in [5, 5.41) is 3.23. The maximum Gasteiger partial charge on any atom is 0.387 e. The van der Waals surface area contributed by atoms with Crippen LogP contribution in [0, 0.1) is 0 Å². The first-order valence-electron chi connectivity index (χ1n) is 6.95. The second-order valence-electron chi connectivity index (χ2n) is 4.82. The van der Waals surface area contributed by atoms with E-state index in [2.05, 4.69) is 22.2 Å². The van der Waals surface area contributed by atoms with Gasteiger partial charge in [-0.3, -0.25) is 0 Å². The normalized spacial score (nSPS) is 12.4. The van der Waals surface area contributed by atoms with Crippen LogP contribution >= 0.6 is 0 Å². The molecule has 2 nitrogen and oxygen atoms in total. The SMILES string of the molecule is CNC(CCc1ccccc1)c1cccc(OC(F)F)c1. The topological polar surface area (TPSA) is 21.3 Å². The van der Waals surface area contributed by atoms with Gasteiger partial charge in [-0.25, -0.2) is 0 Å². The smallest absolute Gasteiger partial charge is 0.387 e. The number of benzene rings is 2. The third kappa shape index (κ3) is 4.83. The molecule has 0 spiro atoms. The molecule has 2 rings (SSSR count). The molecule has 1 unspecified atom stereocenters. The zero-order valence-electron chi connectivity index (χ0n) is 11.9. The van der Waals surface area contributed by atoms with Crippen molar-refractivity contribution < 1.29 is 13.5 Å². The molecule has 1 atom stereocenters. The summed E-state index contributed by atoms with van der Waals surface area (Å²) >= 11 is 0. The van der Waals surface area contributed by atoms with Crippen LogP contribution in [0.25, 0.3) is 0 Å². The van der Waals surface area contributed by atoms with Gasteiger partial charge in [0.05, 0.1) is 0 Å². The molecule has 0 heterocycles. The van der Waals surface area contributed by atoms with Gasteiger partial charge < -0.3 is 10.1 Å². The largest absolute Gasteiger partial charge is 0.435 e. The second kappa shape index (κ2) is 7.74. The van der Waals surface area contributed by atoms with Crippen LogP contribution in [0.1, 0.15) is 23.6 Å². The van der Waals surface area contributed by atoms with E-state index in [4.69, 9.17) is 0 Å². The maximum atomic E-state index is 12.3. The first-order chi connectivity index (χ1) is 10.2. The number of alkyl halides is 2. The zero-order valence-corrected chi connectivity index (χ0v) is 11.9. The van der Waals surface area contributed by atoms with E-state index in [0.29, 0.717) is 0 Å². The summed E-state index contributed by atoms with van der Waals surface area (Å²) in [6, 6.07) is 17.2. The minimum atomic E-state index is -2.79. The first-order valence-corrected chi connectivity index (χ1v) is 6.95. The van der Waals surface area contributed by atoms with Gasteiger partial charge in [0.2, 0.25) is 0 Å². The lowest BCUT2D eigenvalue weighted by molar-refractivity contribution is -0.0499.